The minimum atomic E-state index is -3.86. The summed E-state index contributed by atoms with van der Waals surface area (Å²) >= 11 is 3.42. The molecule has 0 atom stereocenters. The molecule has 0 amide bonds. The fraction of sp³-hybridized carbons (Fsp3) is 0.143. The molecule has 0 saturated carbocycles. The summed E-state index contributed by atoms with van der Waals surface area (Å²) in [5.74, 6) is -0.582. The van der Waals surface area contributed by atoms with Gasteiger partial charge in [0.2, 0.25) is 0 Å². The summed E-state index contributed by atoms with van der Waals surface area (Å²) in [6.45, 7) is 3.72. The van der Waals surface area contributed by atoms with Crippen LogP contribution in [0.25, 0.3) is 0 Å². The van der Waals surface area contributed by atoms with Crippen LogP contribution in [0.1, 0.15) is 11.1 Å². The molecule has 3 N–H and O–H groups in total. The highest BCUT2D eigenvalue weighted by Gasteiger charge is 2.18. The van der Waals surface area contributed by atoms with Crippen LogP contribution in [0, 0.1) is 19.7 Å². The standard InChI is InChI=1S/C14H14BrFN2O2S/c1-8-5-11(6-9(2)14(8)15)18-21(19,20)13-4-3-10(16)7-12(13)17/h3-7,18H,17H2,1-2H3. The molecule has 0 unspecified atom stereocenters. The van der Waals surface area contributed by atoms with Gasteiger partial charge in [-0.05, 0) is 55.3 Å². The molecule has 2 rings (SSSR count). The Balaban J connectivity index is 2.42. The van der Waals surface area contributed by atoms with E-state index in [2.05, 4.69) is 20.7 Å². The Kier molecular flexibility index (Phi) is 4.25. The van der Waals surface area contributed by atoms with E-state index in [0.717, 1.165) is 33.8 Å². The maximum atomic E-state index is 13.0. The lowest BCUT2D eigenvalue weighted by Gasteiger charge is -2.12. The number of halogens is 2. The molecular weight excluding hydrogens is 359 g/mol. The van der Waals surface area contributed by atoms with Crippen molar-refractivity contribution in [1.29, 1.82) is 0 Å². The molecule has 0 spiro atoms. The first-order valence-electron chi connectivity index (χ1n) is 6.05. The lowest BCUT2D eigenvalue weighted by atomic mass is 10.1. The van der Waals surface area contributed by atoms with Crippen molar-refractivity contribution in [3.63, 3.8) is 0 Å². The molecule has 2 aromatic carbocycles. The summed E-state index contributed by atoms with van der Waals surface area (Å²) in [5.41, 5.74) is 7.68. The molecule has 0 heterocycles. The molecule has 0 fully saturated rings. The van der Waals surface area contributed by atoms with Gasteiger partial charge in [-0.3, -0.25) is 4.72 Å². The summed E-state index contributed by atoms with van der Waals surface area (Å²) in [7, 11) is -3.86. The largest absolute Gasteiger partial charge is 0.398 e. The molecule has 112 valence electrons. The fourth-order valence-corrected chi connectivity index (χ4v) is 3.36. The van der Waals surface area contributed by atoms with Crippen LogP contribution in [0.4, 0.5) is 15.8 Å². The van der Waals surface area contributed by atoms with Crippen LogP contribution < -0.4 is 10.5 Å². The van der Waals surface area contributed by atoms with Crippen molar-refractivity contribution in [3.05, 3.63) is 51.7 Å². The van der Waals surface area contributed by atoms with Crippen LogP contribution in [0.2, 0.25) is 0 Å². The van der Waals surface area contributed by atoms with Crippen LogP contribution >= 0.6 is 15.9 Å². The third-order valence-electron chi connectivity index (χ3n) is 2.95. The van der Waals surface area contributed by atoms with Gasteiger partial charge in [-0.1, -0.05) is 15.9 Å². The molecule has 7 heteroatoms. The highest BCUT2D eigenvalue weighted by Crippen LogP contribution is 2.27. The number of aryl methyl sites for hydroxylation is 2. The highest BCUT2D eigenvalue weighted by atomic mass is 79.9. The van der Waals surface area contributed by atoms with Gasteiger partial charge in [0.05, 0.1) is 5.69 Å². The maximum absolute atomic E-state index is 13.0. The fourth-order valence-electron chi connectivity index (χ4n) is 1.98. The van der Waals surface area contributed by atoms with Gasteiger partial charge >= 0.3 is 0 Å². The van der Waals surface area contributed by atoms with Gasteiger partial charge in [-0.15, -0.1) is 0 Å². The van der Waals surface area contributed by atoms with Crippen molar-refractivity contribution in [2.24, 2.45) is 0 Å². The SMILES string of the molecule is Cc1cc(NS(=O)(=O)c2ccc(F)cc2N)cc(C)c1Br. The predicted octanol–water partition coefficient (Wildman–Crippen LogP) is 3.59. The van der Waals surface area contributed by atoms with E-state index in [1.807, 2.05) is 13.8 Å². The van der Waals surface area contributed by atoms with Crippen LogP contribution in [-0.4, -0.2) is 8.42 Å². The highest BCUT2D eigenvalue weighted by molar-refractivity contribution is 9.10. The summed E-state index contributed by atoms with van der Waals surface area (Å²) < 4.78 is 41.0. The normalized spacial score (nSPS) is 11.4. The van der Waals surface area contributed by atoms with E-state index in [9.17, 15) is 12.8 Å². The van der Waals surface area contributed by atoms with Gasteiger partial charge in [0.1, 0.15) is 10.7 Å². The molecule has 0 aliphatic heterocycles. The number of nitrogens with two attached hydrogens (primary N) is 1. The van der Waals surface area contributed by atoms with Gasteiger partial charge < -0.3 is 5.73 Å². The second kappa shape index (κ2) is 5.65. The maximum Gasteiger partial charge on any atom is 0.263 e. The van der Waals surface area contributed by atoms with Gasteiger partial charge in [0.15, 0.2) is 0 Å². The van der Waals surface area contributed by atoms with Crippen LogP contribution in [-0.2, 0) is 10.0 Å². The number of benzene rings is 2. The first kappa shape index (κ1) is 15.8. The van der Waals surface area contributed by atoms with E-state index in [-0.39, 0.29) is 10.6 Å². The number of anilines is 2. The average molecular weight is 373 g/mol. The number of sulfonamides is 1. The van der Waals surface area contributed by atoms with Crippen molar-refractivity contribution in [2.45, 2.75) is 18.7 Å². The molecule has 0 radical (unpaired) electrons. The Morgan fingerprint density at radius 2 is 1.71 bits per heavy atom. The Hall–Kier alpha value is -1.60. The number of nitrogen functional groups attached to an aromatic ring is 1. The van der Waals surface area contributed by atoms with Gasteiger partial charge in [-0.25, -0.2) is 12.8 Å². The minimum absolute atomic E-state index is 0.131. The van der Waals surface area contributed by atoms with Crippen molar-refractivity contribution in [3.8, 4) is 0 Å². The Labute approximate surface area is 131 Å². The molecule has 0 aliphatic carbocycles. The number of hydrogen-bond acceptors (Lipinski definition) is 3. The summed E-state index contributed by atoms with van der Waals surface area (Å²) in [6, 6.07) is 6.59. The molecule has 0 aromatic heterocycles. The number of nitrogens with one attached hydrogen (secondary N) is 1. The molecule has 0 bridgehead atoms. The first-order chi connectivity index (χ1) is 9.70. The Morgan fingerprint density at radius 1 is 1.14 bits per heavy atom. The van der Waals surface area contributed by atoms with Crippen molar-refractivity contribution in [2.75, 3.05) is 10.5 Å². The topological polar surface area (TPSA) is 72.2 Å². The van der Waals surface area contributed by atoms with Crippen LogP contribution in [0.5, 0.6) is 0 Å². The van der Waals surface area contributed by atoms with E-state index in [0.29, 0.717) is 5.69 Å². The lowest BCUT2D eigenvalue weighted by molar-refractivity contribution is 0.600. The summed E-state index contributed by atoms with van der Waals surface area (Å²) in [6.07, 6.45) is 0. The van der Waals surface area contributed by atoms with Gasteiger partial charge in [-0.2, -0.15) is 0 Å². The third kappa shape index (κ3) is 3.36. The van der Waals surface area contributed by atoms with Crippen molar-refractivity contribution < 1.29 is 12.8 Å². The van der Waals surface area contributed by atoms with E-state index in [4.69, 9.17) is 5.73 Å². The van der Waals surface area contributed by atoms with Crippen LogP contribution in [0.3, 0.4) is 0 Å². The Morgan fingerprint density at radius 3 is 2.24 bits per heavy atom. The minimum Gasteiger partial charge on any atom is -0.398 e. The molecule has 2 aromatic rings. The molecule has 0 aliphatic rings. The molecule has 21 heavy (non-hydrogen) atoms. The van der Waals surface area contributed by atoms with Gasteiger partial charge in [0, 0.05) is 10.2 Å². The van der Waals surface area contributed by atoms with Gasteiger partial charge in [0.25, 0.3) is 10.0 Å². The molecule has 0 saturated heterocycles. The third-order valence-corrected chi connectivity index (χ3v) is 5.66. The summed E-state index contributed by atoms with van der Waals surface area (Å²) in [5, 5.41) is 0. The van der Waals surface area contributed by atoms with Crippen molar-refractivity contribution >= 4 is 37.3 Å². The zero-order chi connectivity index (χ0) is 15.8. The molecular formula is C14H14BrFN2O2S. The Bertz CT molecular complexity index is 784. The van der Waals surface area contributed by atoms with E-state index in [1.54, 1.807) is 12.1 Å². The number of rotatable bonds is 3. The van der Waals surface area contributed by atoms with E-state index >= 15 is 0 Å². The smallest absolute Gasteiger partial charge is 0.263 e. The zero-order valence-corrected chi connectivity index (χ0v) is 13.8. The average Bonchev–Trinajstić information content (AvgIpc) is 2.34. The zero-order valence-electron chi connectivity index (χ0n) is 11.4. The first-order valence-corrected chi connectivity index (χ1v) is 8.33. The number of hydrogen-bond donors (Lipinski definition) is 2. The van der Waals surface area contributed by atoms with Crippen molar-refractivity contribution in [1.82, 2.24) is 0 Å². The van der Waals surface area contributed by atoms with E-state index in [1.165, 1.54) is 0 Å². The second-order valence-electron chi connectivity index (χ2n) is 4.71. The monoisotopic (exact) mass is 372 g/mol. The van der Waals surface area contributed by atoms with Crippen LogP contribution in [0.15, 0.2) is 39.7 Å². The quantitative estimate of drug-likeness (QED) is 0.808. The second-order valence-corrected chi connectivity index (χ2v) is 7.16. The van der Waals surface area contributed by atoms with E-state index < -0.39 is 15.8 Å². The predicted molar refractivity (Wildman–Crippen MR) is 85.2 cm³/mol. The summed E-state index contributed by atoms with van der Waals surface area (Å²) in [4.78, 5) is -0.151. The lowest BCUT2D eigenvalue weighted by Crippen LogP contribution is -2.15. The molecule has 4 nitrogen and oxygen atoms in total.